The molecule has 0 radical (unpaired) electrons. The molecule has 0 bridgehead atoms. The van der Waals surface area contributed by atoms with Crippen LogP contribution in [-0.4, -0.2) is 21.6 Å². The number of primary amides is 1. The molecule has 1 aromatic heterocycles. The Kier molecular flexibility index (Phi) is 3.66. The minimum atomic E-state index is -0.551. The van der Waals surface area contributed by atoms with E-state index in [0.29, 0.717) is 22.9 Å². The van der Waals surface area contributed by atoms with Crippen LogP contribution >= 0.6 is 0 Å². The van der Waals surface area contributed by atoms with E-state index >= 15 is 0 Å². The Balaban J connectivity index is 1.80. The summed E-state index contributed by atoms with van der Waals surface area (Å²) in [5, 5.41) is 7.20. The third-order valence-corrected chi connectivity index (χ3v) is 3.79. The predicted octanol–water partition coefficient (Wildman–Crippen LogP) is 1.95. The molecule has 0 atom stereocenters. The maximum absolute atomic E-state index is 12.4. The molecule has 0 aliphatic heterocycles. The molecule has 2 amide bonds. The third-order valence-electron chi connectivity index (χ3n) is 3.79. The first-order chi connectivity index (χ1) is 10.5. The number of rotatable bonds is 5. The zero-order valence-electron chi connectivity index (χ0n) is 12.4. The lowest BCUT2D eigenvalue weighted by Crippen LogP contribution is -2.18. The van der Waals surface area contributed by atoms with Gasteiger partial charge in [0.25, 0.3) is 5.91 Å². The molecule has 1 aliphatic carbocycles. The van der Waals surface area contributed by atoms with E-state index in [1.807, 2.05) is 11.6 Å². The maximum Gasteiger partial charge on any atom is 0.256 e. The molecule has 2 aromatic rings. The summed E-state index contributed by atoms with van der Waals surface area (Å²) >= 11 is 0. The standard InChI is InChI=1S/C16H18N4O2/c1-10-8-18-20(9-11-5-6-11)15(10)19-16(22)13-4-2-3-12(7-13)14(17)21/h2-4,7-8,11H,5-6,9H2,1H3,(H2,17,21)(H,19,22). The number of nitrogens with one attached hydrogen (secondary N) is 1. The van der Waals surface area contributed by atoms with E-state index in [9.17, 15) is 9.59 Å². The Bertz CT molecular complexity index is 731. The summed E-state index contributed by atoms with van der Waals surface area (Å²) in [7, 11) is 0. The van der Waals surface area contributed by atoms with Gasteiger partial charge in [0.2, 0.25) is 5.91 Å². The van der Waals surface area contributed by atoms with Crippen LogP contribution in [0.25, 0.3) is 0 Å². The van der Waals surface area contributed by atoms with Crippen LogP contribution in [0.2, 0.25) is 0 Å². The van der Waals surface area contributed by atoms with Crippen LogP contribution < -0.4 is 11.1 Å². The average molecular weight is 298 g/mol. The molecule has 114 valence electrons. The Morgan fingerprint density at radius 3 is 2.77 bits per heavy atom. The fourth-order valence-electron chi connectivity index (χ4n) is 2.32. The lowest BCUT2D eigenvalue weighted by molar-refractivity contribution is 0.1000. The zero-order valence-corrected chi connectivity index (χ0v) is 12.4. The number of anilines is 1. The Morgan fingerprint density at radius 1 is 1.36 bits per heavy atom. The zero-order chi connectivity index (χ0) is 15.7. The lowest BCUT2D eigenvalue weighted by Gasteiger charge is -2.10. The lowest BCUT2D eigenvalue weighted by atomic mass is 10.1. The number of aromatic nitrogens is 2. The Morgan fingerprint density at radius 2 is 2.09 bits per heavy atom. The van der Waals surface area contributed by atoms with E-state index in [2.05, 4.69) is 10.4 Å². The number of nitrogens with zero attached hydrogens (tertiary/aromatic N) is 2. The Hall–Kier alpha value is -2.63. The van der Waals surface area contributed by atoms with Crippen LogP contribution in [0.5, 0.6) is 0 Å². The van der Waals surface area contributed by atoms with Gasteiger partial charge in [0, 0.05) is 23.2 Å². The van der Waals surface area contributed by atoms with Crippen LogP contribution in [-0.2, 0) is 6.54 Å². The molecular formula is C16H18N4O2. The van der Waals surface area contributed by atoms with Crippen LogP contribution in [0, 0.1) is 12.8 Å². The molecule has 0 spiro atoms. The van der Waals surface area contributed by atoms with Crippen molar-refractivity contribution in [2.45, 2.75) is 26.3 Å². The second kappa shape index (κ2) is 5.63. The summed E-state index contributed by atoms with van der Waals surface area (Å²) in [5.41, 5.74) is 6.87. The fourth-order valence-corrected chi connectivity index (χ4v) is 2.32. The van der Waals surface area contributed by atoms with Crippen molar-refractivity contribution in [3.63, 3.8) is 0 Å². The highest BCUT2D eigenvalue weighted by molar-refractivity contribution is 6.05. The molecule has 1 saturated carbocycles. The normalized spacial score (nSPS) is 13.9. The minimum absolute atomic E-state index is 0.274. The summed E-state index contributed by atoms with van der Waals surface area (Å²) in [4.78, 5) is 23.6. The van der Waals surface area contributed by atoms with Gasteiger partial charge in [-0.1, -0.05) is 6.07 Å². The number of nitrogens with two attached hydrogens (primary N) is 1. The molecule has 0 unspecified atom stereocenters. The van der Waals surface area contributed by atoms with Crippen molar-refractivity contribution < 1.29 is 9.59 Å². The molecule has 1 aliphatic rings. The summed E-state index contributed by atoms with van der Waals surface area (Å²) in [6.45, 7) is 2.73. The van der Waals surface area contributed by atoms with Gasteiger partial charge in [-0.15, -0.1) is 0 Å². The second-order valence-corrected chi connectivity index (χ2v) is 5.70. The predicted molar refractivity (Wildman–Crippen MR) is 82.6 cm³/mol. The van der Waals surface area contributed by atoms with E-state index in [-0.39, 0.29) is 5.91 Å². The molecule has 1 heterocycles. The first-order valence-electron chi connectivity index (χ1n) is 7.28. The third kappa shape index (κ3) is 3.00. The topological polar surface area (TPSA) is 90.0 Å². The van der Waals surface area contributed by atoms with Gasteiger partial charge in [-0.3, -0.25) is 9.59 Å². The monoisotopic (exact) mass is 298 g/mol. The van der Waals surface area contributed by atoms with E-state index < -0.39 is 5.91 Å². The van der Waals surface area contributed by atoms with E-state index in [4.69, 9.17) is 5.73 Å². The number of carbonyl (C=O) groups is 2. The van der Waals surface area contributed by atoms with Crippen LogP contribution in [0.15, 0.2) is 30.5 Å². The van der Waals surface area contributed by atoms with Crippen LogP contribution in [0.1, 0.15) is 39.1 Å². The van der Waals surface area contributed by atoms with Crippen molar-refractivity contribution in [1.29, 1.82) is 0 Å². The molecule has 0 saturated heterocycles. The smallest absolute Gasteiger partial charge is 0.256 e. The fraction of sp³-hybridized carbons (Fsp3) is 0.312. The van der Waals surface area contributed by atoms with Crippen molar-refractivity contribution >= 4 is 17.6 Å². The molecular weight excluding hydrogens is 280 g/mol. The van der Waals surface area contributed by atoms with Gasteiger partial charge in [-0.25, -0.2) is 4.68 Å². The summed E-state index contributed by atoms with van der Waals surface area (Å²) < 4.78 is 1.84. The average Bonchev–Trinajstić information content (AvgIpc) is 3.26. The first kappa shape index (κ1) is 14.3. The molecule has 3 rings (SSSR count). The molecule has 22 heavy (non-hydrogen) atoms. The number of amides is 2. The van der Waals surface area contributed by atoms with Gasteiger partial charge in [0.1, 0.15) is 5.82 Å². The molecule has 6 nitrogen and oxygen atoms in total. The van der Waals surface area contributed by atoms with Crippen molar-refractivity contribution in [2.24, 2.45) is 11.7 Å². The SMILES string of the molecule is Cc1cnn(CC2CC2)c1NC(=O)c1cccc(C(N)=O)c1. The molecule has 3 N–H and O–H groups in total. The first-order valence-corrected chi connectivity index (χ1v) is 7.28. The van der Waals surface area contributed by atoms with Gasteiger partial charge < -0.3 is 11.1 Å². The number of hydrogen-bond donors (Lipinski definition) is 2. The number of hydrogen-bond acceptors (Lipinski definition) is 3. The van der Waals surface area contributed by atoms with Gasteiger partial charge >= 0.3 is 0 Å². The quantitative estimate of drug-likeness (QED) is 0.884. The van der Waals surface area contributed by atoms with E-state index in [0.717, 1.165) is 12.1 Å². The van der Waals surface area contributed by atoms with Gasteiger partial charge in [0.15, 0.2) is 0 Å². The van der Waals surface area contributed by atoms with Gasteiger partial charge in [0.05, 0.1) is 6.20 Å². The highest BCUT2D eigenvalue weighted by atomic mass is 16.2. The summed E-state index contributed by atoms with van der Waals surface area (Å²) in [5.74, 6) is 0.544. The minimum Gasteiger partial charge on any atom is -0.366 e. The highest BCUT2D eigenvalue weighted by Gasteiger charge is 2.24. The second-order valence-electron chi connectivity index (χ2n) is 5.70. The summed E-state index contributed by atoms with van der Waals surface area (Å²) in [6, 6.07) is 6.37. The maximum atomic E-state index is 12.4. The van der Waals surface area contributed by atoms with Crippen molar-refractivity contribution in [3.05, 3.63) is 47.2 Å². The van der Waals surface area contributed by atoms with Crippen molar-refractivity contribution in [1.82, 2.24) is 9.78 Å². The highest BCUT2D eigenvalue weighted by Crippen LogP contribution is 2.32. The molecule has 1 aromatic carbocycles. The number of benzene rings is 1. The van der Waals surface area contributed by atoms with Crippen molar-refractivity contribution in [2.75, 3.05) is 5.32 Å². The molecule has 1 fully saturated rings. The summed E-state index contributed by atoms with van der Waals surface area (Å²) in [6.07, 6.45) is 4.18. The number of carbonyl (C=O) groups excluding carboxylic acids is 2. The largest absolute Gasteiger partial charge is 0.366 e. The van der Waals surface area contributed by atoms with E-state index in [1.54, 1.807) is 24.4 Å². The van der Waals surface area contributed by atoms with Crippen LogP contribution in [0.4, 0.5) is 5.82 Å². The molecule has 6 heteroatoms. The Labute approximate surface area is 128 Å². The van der Waals surface area contributed by atoms with Crippen LogP contribution in [0.3, 0.4) is 0 Å². The van der Waals surface area contributed by atoms with Gasteiger partial charge in [-0.05, 0) is 43.9 Å². The van der Waals surface area contributed by atoms with Crippen molar-refractivity contribution in [3.8, 4) is 0 Å². The van der Waals surface area contributed by atoms with Gasteiger partial charge in [-0.2, -0.15) is 5.10 Å². The number of aryl methyl sites for hydroxylation is 1. The van der Waals surface area contributed by atoms with E-state index in [1.165, 1.54) is 18.9 Å².